The van der Waals surface area contributed by atoms with Crippen LogP contribution in [0.25, 0.3) is 0 Å². The number of aromatic nitrogens is 2. The van der Waals surface area contributed by atoms with E-state index in [0.29, 0.717) is 24.6 Å². The van der Waals surface area contributed by atoms with Gasteiger partial charge in [0.25, 0.3) is 0 Å². The number of rotatable bonds is 8. The number of benzene rings is 1. The van der Waals surface area contributed by atoms with Gasteiger partial charge in [0.1, 0.15) is 11.6 Å². The lowest BCUT2D eigenvalue weighted by Gasteiger charge is -2.19. The second-order valence-corrected chi connectivity index (χ2v) is 6.53. The van der Waals surface area contributed by atoms with Crippen LogP contribution in [0.15, 0.2) is 47.1 Å². The summed E-state index contributed by atoms with van der Waals surface area (Å²) in [7, 11) is 0. The minimum atomic E-state index is -0.839. The molecule has 0 saturated heterocycles. The Balaban J connectivity index is 1.72. The molecule has 0 aliphatic rings. The van der Waals surface area contributed by atoms with E-state index in [-0.39, 0.29) is 6.42 Å². The lowest BCUT2D eigenvalue weighted by molar-refractivity contribution is -0.136. The van der Waals surface area contributed by atoms with Gasteiger partial charge in [0, 0.05) is 24.5 Å². The van der Waals surface area contributed by atoms with Gasteiger partial charge < -0.3 is 14.4 Å². The van der Waals surface area contributed by atoms with Crippen LogP contribution in [0.3, 0.4) is 0 Å². The van der Waals surface area contributed by atoms with Crippen molar-refractivity contribution in [2.75, 3.05) is 11.4 Å². The van der Waals surface area contributed by atoms with Crippen LogP contribution in [0, 0.1) is 6.92 Å². The fraction of sp³-hybridized carbons (Fsp3) is 0.278. The smallest absolute Gasteiger partial charge is 0.305 e. The number of aryl methyl sites for hydroxylation is 1. The lowest BCUT2D eigenvalue weighted by Crippen LogP contribution is -2.25. The summed E-state index contributed by atoms with van der Waals surface area (Å²) in [5.41, 5.74) is 2.37. The van der Waals surface area contributed by atoms with Gasteiger partial charge in [-0.3, -0.25) is 4.79 Å². The number of carbonyl (C=O) groups is 1. The molecule has 2 heterocycles. The molecule has 0 bridgehead atoms. The maximum absolute atomic E-state index is 10.9. The van der Waals surface area contributed by atoms with Crippen LogP contribution in [-0.2, 0) is 17.8 Å². The molecule has 0 radical (unpaired) electrons. The van der Waals surface area contributed by atoms with Crippen molar-refractivity contribution < 1.29 is 14.3 Å². The molecule has 25 heavy (non-hydrogen) atoms. The number of nitrogens with zero attached hydrogens (tertiary/aromatic N) is 3. The highest BCUT2D eigenvalue weighted by Crippen LogP contribution is 2.22. The first-order valence-electron chi connectivity index (χ1n) is 7.97. The average molecular weight is 357 g/mol. The van der Waals surface area contributed by atoms with Crippen LogP contribution in [0.2, 0.25) is 0 Å². The molecule has 3 aromatic rings. The molecular formula is C18H19N3O3S. The van der Waals surface area contributed by atoms with E-state index in [1.807, 2.05) is 17.0 Å². The number of carboxylic acids is 1. The van der Waals surface area contributed by atoms with E-state index >= 15 is 0 Å². The Morgan fingerprint density at radius 2 is 2.08 bits per heavy atom. The molecule has 1 aromatic carbocycles. The Morgan fingerprint density at radius 1 is 1.28 bits per heavy atom. The molecule has 3 rings (SSSR count). The van der Waals surface area contributed by atoms with Crippen molar-refractivity contribution in [2.24, 2.45) is 0 Å². The van der Waals surface area contributed by atoms with Gasteiger partial charge in [-0.2, -0.15) is 4.37 Å². The molecule has 0 aliphatic heterocycles. The first-order valence-corrected chi connectivity index (χ1v) is 8.75. The summed E-state index contributed by atoms with van der Waals surface area (Å²) in [6, 6.07) is 12.0. The number of hydrogen-bond donors (Lipinski definition) is 1. The predicted octanol–water partition coefficient (Wildman–Crippen LogP) is 3.51. The van der Waals surface area contributed by atoms with Crippen molar-refractivity contribution >= 4 is 22.6 Å². The van der Waals surface area contributed by atoms with E-state index in [9.17, 15) is 4.79 Å². The van der Waals surface area contributed by atoms with E-state index in [2.05, 4.69) is 40.5 Å². The standard InChI is InChI=1S/C18H19N3O3S/c1-13-4-6-14(7-5-13)11-16-19-18(25-20-16)21(9-8-17(22)23)12-15-3-2-10-24-15/h2-7,10H,8-9,11-12H2,1H3,(H,22,23). The Bertz CT molecular complexity index is 812. The van der Waals surface area contributed by atoms with Gasteiger partial charge in [-0.15, -0.1) is 0 Å². The Kier molecular flexibility index (Phi) is 5.45. The van der Waals surface area contributed by atoms with Crippen LogP contribution < -0.4 is 4.90 Å². The minimum absolute atomic E-state index is 0.0353. The van der Waals surface area contributed by atoms with E-state index in [0.717, 1.165) is 17.1 Å². The topological polar surface area (TPSA) is 79.5 Å². The molecule has 0 atom stereocenters. The average Bonchev–Trinajstić information content (AvgIpc) is 3.25. The maximum Gasteiger partial charge on any atom is 0.305 e. The Labute approximate surface area is 149 Å². The highest BCUT2D eigenvalue weighted by molar-refractivity contribution is 7.09. The molecule has 2 aromatic heterocycles. The van der Waals surface area contributed by atoms with Gasteiger partial charge in [0.15, 0.2) is 0 Å². The van der Waals surface area contributed by atoms with Crippen molar-refractivity contribution in [1.82, 2.24) is 9.36 Å². The molecule has 130 valence electrons. The van der Waals surface area contributed by atoms with Crippen molar-refractivity contribution in [3.05, 3.63) is 65.4 Å². The second kappa shape index (κ2) is 7.94. The largest absolute Gasteiger partial charge is 0.481 e. The first kappa shape index (κ1) is 17.2. The van der Waals surface area contributed by atoms with Crippen molar-refractivity contribution in [1.29, 1.82) is 0 Å². The third kappa shape index (κ3) is 4.90. The van der Waals surface area contributed by atoms with Gasteiger partial charge >= 0.3 is 5.97 Å². The fourth-order valence-electron chi connectivity index (χ4n) is 2.40. The number of carboxylic acid groups (broad SMARTS) is 1. The number of hydrogen-bond acceptors (Lipinski definition) is 6. The second-order valence-electron chi connectivity index (χ2n) is 5.80. The van der Waals surface area contributed by atoms with Gasteiger partial charge in [0.2, 0.25) is 5.13 Å². The van der Waals surface area contributed by atoms with Crippen molar-refractivity contribution in [3.63, 3.8) is 0 Å². The van der Waals surface area contributed by atoms with Gasteiger partial charge in [-0.25, -0.2) is 4.98 Å². The van der Waals surface area contributed by atoms with E-state index < -0.39 is 5.97 Å². The van der Waals surface area contributed by atoms with Crippen LogP contribution in [-0.4, -0.2) is 27.0 Å². The molecule has 6 nitrogen and oxygen atoms in total. The number of furan rings is 1. The molecule has 0 fully saturated rings. The predicted molar refractivity (Wildman–Crippen MR) is 95.9 cm³/mol. The summed E-state index contributed by atoms with van der Waals surface area (Å²) in [5.74, 6) is 0.665. The zero-order valence-electron chi connectivity index (χ0n) is 13.9. The highest BCUT2D eigenvalue weighted by Gasteiger charge is 2.16. The van der Waals surface area contributed by atoms with Crippen molar-refractivity contribution in [2.45, 2.75) is 26.3 Å². The zero-order chi connectivity index (χ0) is 17.6. The summed E-state index contributed by atoms with van der Waals surface area (Å²) in [4.78, 5) is 17.4. The molecule has 1 N–H and O–H groups in total. The van der Waals surface area contributed by atoms with Crippen LogP contribution in [0.5, 0.6) is 0 Å². The zero-order valence-corrected chi connectivity index (χ0v) is 14.7. The summed E-state index contributed by atoms with van der Waals surface area (Å²) < 4.78 is 9.80. The van der Waals surface area contributed by atoms with Crippen LogP contribution in [0.1, 0.15) is 29.1 Å². The molecular weight excluding hydrogens is 338 g/mol. The van der Waals surface area contributed by atoms with Crippen LogP contribution in [0.4, 0.5) is 5.13 Å². The molecule has 0 saturated carbocycles. The van der Waals surface area contributed by atoms with E-state index in [1.54, 1.807) is 6.26 Å². The Morgan fingerprint density at radius 3 is 2.76 bits per heavy atom. The van der Waals surface area contributed by atoms with Crippen LogP contribution >= 0.6 is 11.5 Å². The molecule has 7 heteroatoms. The highest BCUT2D eigenvalue weighted by atomic mass is 32.1. The summed E-state index contributed by atoms with van der Waals surface area (Å²) in [5, 5.41) is 9.68. The van der Waals surface area contributed by atoms with Gasteiger partial charge in [0.05, 0.1) is 19.2 Å². The summed E-state index contributed by atoms with van der Waals surface area (Å²) >= 11 is 1.28. The summed E-state index contributed by atoms with van der Waals surface area (Å²) in [6.45, 7) is 2.88. The molecule has 0 unspecified atom stereocenters. The normalized spacial score (nSPS) is 10.8. The monoisotopic (exact) mass is 357 g/mol. The minimum Gasteiger partial charge on any atom is -0.481 e. The SMILES string of the molecule is Cc1ccc(Cc2nsc(N(CCC(=O)O)Cc3ccco3)n2)cc1. The number of anilines is 1. The maximum atomic E-state index is 10.9. The molecule has 0 aliphatic carbocycles. The molecule has 0 amide bonds. The van der Waals surface area contributed by atoms with E-state index in [1.165, 1.54) is 17.1 Å². The van der Waals surface area contributed by atoms with Gasteiger partial charge in [-0.05, 0) is 24.6 Å². The van der Waals surface area contributed by atoms with Crippen molar-refractivity contribution in [3.8, 4) is 0 Å². The third-order valence-corrected chi connectivity index (χ3v) is 4.55. The molecule has 0 spiro atoms. The number of aliphatic carboxylic acids is 1. The summed E-state index contributed by atoms with van der Waals surface area (Å²) in [6.07, 6.45) is 2.30. The first-order chi connectivity index (χ1) is 12.1. The van der Waals surface area contributed by atoms with E-state index in [4.69, 9.17) is 9.52 Å². The lowest BCUT2D eigenvalue weighted by atomic mass is 10.1. The third-order valence-electron chi connectivity index (χ3n) is 3.73. The Hall–Kier alpha value is -2.67. The fourth-order valence-corrected chi connectivity index (χ4v) is 3.11. The quantitative estimate of drug-likeness (QED) is 0.664. The van der Waals surface area contributed by atoms with Gasteiger partial charge in [-0.1, -0.05) is 29.8 Å².